The van der Waals surface area contributed by atoms with Crippen molar-refractivity contribution in [3.63, 3.8) is 0 Å². The van der Waals surface area contributed by atoms with E-state index in [4.69, 9.17) is 4.74 Å². The number of nitrogens with zero attached hydrogens (tertiary/aromatic N) is 3. The summed E-state index contributed by atoms with van der Waals surface area (Å²) in [5.41, 5.74) is 1.66. The average molecular weight is 691 g/mol. The molecule has 1 fully saturated rings. The molecule has 0 aliphatic carbocycles. The fourth-order valence-corrected chi connectivity index (χ4v) is 6.48. The number of thioether (sulfide) groups is 1. The summed E-state index contributed by atoms with van der Waals surface area (Å²) in [5, 5.41) is 11.7. The molecule has 7 nitrogen and oxygen atoms in total. The highest BCUT2D eigenvalue weighted by atomic mass is 127. The summed E-state index contributed by atoms with van der Waals surface area (Å²) in [4.78, 5) is 30.6. The molecule has 1 heterocycles. The number of hydrogen-bond donors (Lipinski definition) is 0. The third kappa shape index (κ3) is 6.47. The number of rotatable bonds is 7. The molecule has 174 valence electrons. The Morgan fingerprint density at radius 3 is 2.42 bits per heavy atom. The molecule has 0 saturated carbocycles. The van der Waals surface area contributed by atoms with E-state index in [1.165, 1.54) is 23.9 Å². The Bertz CT molecular complexity index is 1130. The Morgan fingerprint density at radius 1 is 1.18 bits per heavy atom. The fourth-order valence-electron chi connectivity index (χ4n) is 3.12. The molecule has 1 aliphatic rings. The molecule has 33 heavy (non-hydrogen) atoms. The summed E-state index contributed by atoms with van der Waals surface area (Å²) in [6.45, 7) is 8.18. The first-order valence-electron chi connectivity index (χ1n) is 10.2. The number of halogens is 2. The lowest BCUT2D eigenvalue weighted by atomic mass is 10.2. The van der Waals surface area contributed by atoms with Crippen LogP contribution in [0.15, 0.2) is 46.3 Å². The van der Waals surface area contributed by atoms with Crippen LogP contribution in [-0.4, -0.2) is 33.0 Å². The molecule has 0 radical (unpaired) electrons. The molecule has 0 bridgehead atoms. The van der Waals surface area contributed by atoms with Crippen molar-refractivity contribution < 1.29 is 14.5 Å². The molecule has 0 aromatic heterocycles. The molecule has 2 aromatic rings. The number of nitro groups is 1. The monoisotopic (exact) mass is 691 g/mol. The van der Waals surface area contributed by atoms with Crippen molar-refractivity contribution in [3.05, 3.63) is 69.7 Å². The van der Waals surface area contributed by atoms with E-state index in [0.29, 0.717) is 10.7 Å². The van der Waals surface area contributed by atoms with E-state index in [-0.39, 0.29) is 30.3 Å². The number of amides is 1. The smallest absolute Gasteiger partial charge is 0.269 e. The van der Waals surface area contributed by atoms with Gasteiger partial charge in [0, 0.05) is 24.2 Å². The van der Waals surface area contributed by atoms with E-state index in [1.54, 1.807) is 17.0 Å². The normalized spacial score (nSPS) is 16.5. The summed E-state index contributed by atoms with van der Waals surface area (Å²) in [5.74, 6) is 0.673. The van der Waals surface area contributed by atoms with Crippen LogP contribution in [0.25, 0.3) is 6.08 Å². The molecular weight excluding hydrogens is 668 g/mol. The molecule has 0 spiro atoms. The quantitative estimate of drug-likeness (QED) is 0.144. The molecule has 2 aromatic carbocycles. The van der Waals surface area contributed by atoms with Gasteiger partial charge in [0.2, 0.25) is 0 Å². The molecule has 0 unspecified atom stereocenters. The van der Waals surface area contributed by atoms with Gasteiger partial charge in [-0.3, -0.25) is 24.8 Å². The second-order valence-electron chi connectivity index (χ2n) is 7.91. The maximum Gasteiger partial charge on any atom is 0.269 e. The number of benzene rings is 2. The largest absolute Gasteiger partial charge is 0.487 e. The summed E-state index contributed by atoms with van der Waals surface area (Å²) in [6.07, 6.45) is 1.89. The van der Waals surface area contributed by atoms with Crippen LogP contribution in [0, 0.1) is 17.3 Å². The number of hydrogen-bond acceptors (Lipinski definition) is 6. The number of carbonyl (C=O) groups is 1. The van der Waals surface area contributed by atoms with Crippen LogP contribution in [-0.2, 0) is 11.4 Å². The van der Waals surface area contributed by atoms with Crippen molar-refractivity contribution >= 4 is 79.8 Å². The Labute approximate surface area is 224 Å². The maximum absolute atomic E-state index is 13.0. The van der Waals surface area contributed by atoms with Crippen LogP contribution in [0.1, 0.15) is 38.8 Å². The Kier molecular flexibility index (Phi) is 8.78. The zero-order valence-electron chi connectivity index (χ0n) is 18.5. The summed E-state index contributed by atoms with van der Waals surface area (Å²) < 4.78 is 7.77. The lowest BCUT2D eigenvalue weighted by molar-refractivity contribution is -0.384. The van der Waals surface area contributed by atoms with Crippen molar-refractivity contribution in [2.24, 2.45) is 4.99 Å². The first-order chi connectivity index (χ1) is 15.6. The Morgan fingerprint density at radius 2 is 1.85 bits per heavy atom. The van der Waals surface area contributed by atoms with E-state index < -0.39 is 4.92 Å². The van der Waals surface area contributed by atoms with E-state index in [2.05, 4.69) is 50.2 Å². The van der Waals surface area contributed by atoms with Crippen molar-refractivity contribution in [2.45, 2.75) is 46.4 Å². The summed E-state index contributed by atoms with van der Waals surface area (Å²) in [7, 11) is 0. The van der Waals surface area contributed by atoms with E-state index in [9.17, 15) is 14.9 Å². The van der Waals surface area contributed by atoms with Crippen molar-refractivity contribution in [2.75, 3.05) is 0 Å². The van der Waals surface area contributed by atoms with Gasteiger partial charge in [-0.25, -0.2) is 0 Å². The zero-order chi connectivity index (χ0) is 24.3. The molecule has 1 amide bonds. The van der Waals surface area contributed by atoms with Gasteiger partial charge in [0.25, 0.3) is 11.6 Å². The SMILES string of the molecule is CC(C)N=C1S/C(=C/c2cc(I)c(OCc3cccc([N+](=O)[O-])c3)c(I)c2)C(=O)N1C(C)C. The minimum atomic E-state index is -0.417. The molecule has 10 heteroatoms. The third-order valence-electron chi connectivity index (χ3n) is 4.54. The second kappa shape index (κ2) is 11.2. The van der Waals surface area contributed by atoms with Gasteiger partial charge in [0.1, 0.15) is 12.4 Å². The standard InChI is InChI=1S/C23H23I2N3O4S/c1-13(2)26-23-27(14(3)4)22(29)20(33-23)11-16-9-18(24)21(19(25)10-16)32-12-15-6-5-7-17(8-15)28(30)31/h5-11,13-14H,12H2,1-4H3/b20-11+,26-23?. The zero-order valence-corrected chi connectivity index (χ0v) is 23.7. The van der Waals surface area contributed by atoms with Crippen LogP contribution in [0.2, 0.25) is 0 Å². The predicted molar refractivity (Wildman–Crippen MR) is 149 cm³/mol. The average Bonchev–Trinajstić information content (AvgIpc) is 3.01. The topological polar surface area (TPSA) is 85.0 Å². The molecule has 0 atom stereocenters. The molecule has 1 saturated heterocycles. The van der Waals surface area contributed by atoms with Gasteiger partial charge < -0.3 is 4.74 Å². The Balaban J connectivity index is 1.83. The second-order valence-corrected chi connectivity index (χ2v) is 11.2. The number of nitro benzene ring substituents is 1. The maximum atomic E-state index is 13.0. The van der Waals surface area contributed by atoms with Crippen LogP contribution < -0.4 is 4.74 Å². The van der Waals surface area contributed by atoms with Gasteiger partial charge in [-0.15, -0.1) is 0 Å². The molecule has 0 N–H and O–H groups in total. The van der Waals surface area contributed by atoms with E-state index in [1.807, 2.05) is 45.9 Å². The van der Waals surface area contributed by atoms with E-state index >= 15 is 0 Å². The first-order valence-corrected chi connectivity index (χ1v) is 13.2. The number of amidine groups is 1. The minimum absolute atomic E-state index is 0.0262. The van der Waals surface area contributed by atoms with Gasteiger partial charge in [-0.1, -0.05) is 12.1 Å². The Hall–Kier alpha value is -1.67. The number of aliphatic imine (C=N–C) groups is 1. The fraction of sp³-hybridized carbons (Fsp3) is 0.304. The van der Waals surface area contributed by atoms with Crippen molar-refractivity contribution in [1.29, 1.82) is 0 Å². The summed E-state index contributed by atoms with van der Waals surface area (Å²) >= 11 is 5.81. The highest BCUT2D eigenvalue weighted by molar-refractivity contribution is 14.1. The number of non-ortho nitro benzene ring substituents is 1. The van der Waals surface area contributed by atoms with Gasteiger partial charge in [0.15, 0.2) is 5.17 Å². The lowest BCUT2D eigenvalue weighted by Crippen LogP contribution is -2.35. The van der Waals surface area contributed by atoms with Crippen LogP contribution in [0.4, 0.5) is 5.69 Å². The van der Waals surface area contributed by atoms with Crippen LogP contribution in [0.3, 0.4) is 0 Å². The number of carbonyl (C=O) groups excluding carboxylic acids is 1. The van der Waals surface area contributed by atoms with Gasteiger partial charge in [0.05, 0.1) is 17.0 Å². The van der Waals surface area contributed by atoms with Gasteiger partial charge >= 0.3 is 0 Å². The number of ether oxygens (including phenoxy) is 1. The highest BCUT2D eigenvalue weighted by Gasteiger charge is 2.35. The first kappa shape index (κ1) is 25.9. The summed E-state index contributed by atoms with van der Waals surface area (Å²) in [6, 6.07) is 10.5. The van der Waals surface area contributed by atoms with Gasteiger partial charge in [-0.2, -0.15) is 0 Å². The molecular formula is C23H23I2N3O4S. The van der Waals surface area contributed by atoms with Crippen molar-refractivity contribution in [1.82, 2.24) is 4.90 Å². The molecule has 1 aliphatic heterocycles. The third-order valence-corrected chi connectivity index (χ3v) is 7.14. The van der Waals surface area contributed by atoms with Crippen molar-refractivity contribution in [3.8, 4) is 5.75 Å². The predicted octanol–water partition coefficient (Wildman–Crippen LogP) is 6.47. The van der Waals surface area contributed by atoms with Crippen LogP contribution >= 0.6 is 56.9 Å². The lowest BCUT2D eigenvalue weighted by Gasteiger charge is -2.20. The molecule has 3 rings (SSSR count). The highest BCUT2D eigenvalue weighted by Crippen LogP contribution is 2.36. The minimum Gasteiger partial charge on any atom is -0.487 e. The van der Waals surface area contributed by atoms with E-state index in [0.717, 1.165) is 23.4 Å². The van der Waals surface area contributed by atoms with Crippen LogP contribution in [0.5, 0.6) is 5.75 Å². The van der Waals surface area contributed by atoms with Gasteiger partial charge in [-0.05, 0) is 114 Å².